The summed E-state index contributed by atoms with van der Waals surface area (Å²) in [6.07, 6.45) is 3.95. The van der Waals surface area contributed by atoms with Crippen LogP contribution in [-0.2, 0) is 17.8 Å². The fourth-order valence-electron chi connectivity index (χ4n) is 3.28. The van der Waals surface area contributed by atoms with Crippen LogP contribution in [0, 0.1) is 19.7 Å². The number of ether oxygens (including phenoxy) is 1. The second kappa shape index (κ2) is 8.86. The first-order chi connectivity index (χ1) is 15.0. The summed E-state index contributed by atoms with van der Waals surface area (Å²) in [6, 6.07) is 9.23. The smallest absolute Gasteiger partial charge is 0.252 e. The van der Waals surface area contributed by atoms with Crippen molar-refractivity contribution in [3.05, 3.63) is 77.3 Å². The number of rotatable bonds is 7. The van der Waals surface area contributed by atoms with Crippen LogP contribution in [0.3, 0.4) is 0 Å². The predicted molar refractivity (Wildman–Crippen MR) is 111 cm³/mol. The molecule has 31 heavy (non-hydrogen) atoms. The monoisotopic (exact) mass is 420 g/mol. The van der Waals surface area contributed by atoms with Gasteiger partial charge in [-0.2, -0.15) is 10.1 Å². The number of hydrogen-bond acceptors (Lipinski definition) is 6. The Balaban J connectivity index is 1.33. The number of amides is 1. The Bertz CT molecular complexity index is 1220. The topological polar surface area (TPSA) is 94.3 Å². The lowest BCUT2D eigenvalue weighted by Crippen LogP contribution is -2.23. The number of halogens is 1. The van der Waals surface area contributed by atoms with E-state index in [0.29, 0.717) is 36.8 Å². The van der Waals surface area contributed by atoms with Crippen molar-refractivity contribution in [2.24, 2.45) is 0 Å². The van der Waals surface area contributed by atoms with E-state index in [2.05, 4.69) is 25.4 Å². The van der Waals surface area contributed by atoms with Crippen molar-refractivity contribution in [1.82, 2.24) is 29.9 Å². The lowest BCUT2D eigenvalue weighted by Gasteiger charge is -2.11. The SMILES string of the molecule is Cc1nc2ncnn2c(C)c1CCC(=O)NCc1ccnc(Oc2ccc(F)cc2)c1. The van der Waals surface area contributed by atoms with Crippen LogP contribution in [0.15, 0.2) is 48.9 Å². The number of pyridine rings is 1. The summed E-state index contributed by atoms with van der Waals surface area (Å²) in [4.78, 5) is 25.1. The minimum absolute atomic E-state index is 0.0738. The molecule has 1 N–H and O–H groups in total. The molecule has 8 nitrogen and oxygen atoms in total. The lowest BCUT2D eigenvalue weighted by molar-refractivity contribution is -0.121. The van der Waals surface area contributed by atoms with Crippen molar-refractivity contribution in [2.45, 2.75) is 33.2 Å². The Morgan fingerprint density at radius 2 is 1.97 bits per heavy atom. The highest BCUT2D eigenvalue weighted by atomic mass is 19.1. The van der Waals surface area contributed by atoms with E-state index in [4.69, 9.17) is 4.74 Å². The number of nitrogens with zero attached hydrogens (tertiary/aromatic N) is 5. The third kappa shape index (κ3) is 4.82. The van der Waals surface area contributed by atoms with Crippen LogP contribution >= 0.6 is 0 Å². The number of aryl methyl sites for hydroxylation is 2. The zero-order chi connectivity index (χ0) is 21.8. The largest absolute Gasteiger partial charge is 0.439 e. The molecule has 1 aromatic carbocycles. The summed E-state index contributed by atoms with van der Waals surface area (Å²) in [5.74, 6) is 1.00. The van der Waals surface area contributed by atoms with Gasteiger partial charge in [0.1, 0.15) is 17.9 Å². The maximum absolute atomic E-state index is 13.0. The normalized spacial score (nSPS) is 10.9. The summed E-state index contributed by atoms with van der Waals surface area (Å²) >= 11 is 0. The zero-order valence-corrected chi connectivity index (χ0v) is 17.2. The van der Waals surface area contributed by atoms with Gasteiger partial charge in [-0.15, -0.1) is 0 Å². The number of carbonyl (C=O) groups excluding carboxylic acids is 1. The summed E-state index contributed by atoms with van der Waals surface area (Å²) in [6.45, 7) is 4.21. The third-order valence-electron chi connectivity index (χ3n) is 4.92. The molecule has 3 heterocycles. The lowest BCUT2D eigenvalue weighted by atomic mass is 10.1. The number of nitrogens with one attached hydrogen (secondary N) is 1. The van der Waals surface area contributed by atoms with Gasteiger partial charge in [0.05, 0.1) is 0 Å². The molecular formula is C22H21FN6O2. The van der Waals surface area contributed by atoms with Gasteiger partial charge in [-0.3, -0.25) is 4.79 Å². The van der Waals surface area contributed by atoms with Gasteiger partial charge in [0.15, 0.2) is 0 Å². The van der Waals surface area contributed by atoms with Crippen molar-refractivity contribution in [3.63, 3.8) is 0 Å². The summed E-state index contributed by atoms with van der Waals surface area (Å²) in [5.41, 5.74) is 3.62. The van der Waals surface area contributed by atoms with Crippen LogP contribution in [0.2, 0.25) is 0 Å². The molecule has 0 saturated heterocycles. The van der Waals surface area contributed by atoms with E-state index in [9.17, 15) is 9.18 Å². The van der Waals surface area contributed by atoms with Gasteiger partial charge in [-0.05, 0) is 61.7 Å². The van der Waals surface area contributed by atoms with Crippen LogP contribution in [0.25, 0.3) is 5.78 Å². The number of carbonyl (C=O) groups is 1. The van der Waals surface area contributed by atoms with Crippen LogP contribution in [0.1, 0.15) is 28.9 Å². The maximum Gasteiger partial charge on any atom is 0.252 e. The minimum Gasteiger partial charge on any atom is -0.439 e. The van der Waals surface area contributed by atoms with E-state index in [1.165, 1.54) is 30.6 Å². The van der Waals surface area contributed by atoms with Crippen molar-refractivity contribution >= 4 is 11.7 Å². The highest BCUT2D eigenvalue weighted by Gasteiger charge is 2.12. The summed E-state index contributed by atoms with van der Waals surface area (Å²) < 4.78 is 20.3. The third-order valence-corrected chi connectivity index (χ3v) is 4.92. The van der Waals surface area contributed by atoms with E-state index in [1.54, 1.807) is 22.8 Å². The average molecular weight is 420 g/mol. The van der Waals surface area contributed by atoms with E-state index in [-0.39, 0.29) is 11.7 Å². The molecular weight excluding hydrogens is 399 g/mol. The van der Waals surface area contributed by atoms with Crippen LogP contribution in [-0.4, -0.2) is 30.5 Å². The quantitative estimate of drug-likeness (QED) is 0.493. The second-order valence-corrected chi connectivity index (χ2v) is 7.07. The standard InChI is InChI=1S/C22H21FN6O2/c1-14-19(15(2)29-22(28-14)26-13-27-29)7-8-20(30)25-12-16-9-10-24-21(11-16)31-18-5-3-17(23)4-6-18/h3-6,9-11,13H,7-8,12H2,1-2H3,(H,25,30). The minimum atomic E-state index is -0.334. The molecule has 0 spiro atoms. The van der Waals surface area contributed by atoms with Gasteiger partial charge in [0, 0.05) is 36.6 Å². The van der Waals surface area contributed by atoms with Crippen molar-refractivity contribution < 1.29 is 13.9 Å². The molecule has 0 aliphatic rings. The first kappa shape index (κ1) is 20.4. The first-order valence-electron chi connectivity index (χ1n) is 9.80. The molecule has 0 radical (unpaired) electrons. The van der Waals surface area contributed by atoms with Gasteiger partial charge < -0.3 is 10.1 Å². The number of aromatic nitrogens is 5. The Labute approximate surface area is 178 Å². The molecule has 1 amide bonds. The van der Waals surface area contributed by atoms with Gasteiger partial charge in [-0.25, -0.2) is 18.9 Å². The molecule has 0 saturated carbocycles. The first-order valence-corrected chi connectivity index (χ1v) is 9.80. The number of fused-ring (bicyclic) bond motifs is 1. The Morgan fingerprint density at radius 3 is 2.77 bits per heavy atom. The molecule has 0 bridgehead atoms. The fourth-order valence-corrected chi connectivity index (χ4v) is 3.28. The van der Waals surface area contributed by atoms with E-state index >= 15 is 0 Å². The molecule has 0 aliphatic heterocycles. The highest BCUT2D eigenvalue weighted by molar-refractivity contribution is 5.76. The molecule has 158 valence electrons. The van der Waals surface area contributed by atoms with Gasteiger partial charge >= 0.3 is 0 Å². The van der Waals surface area contributed by atoms with Crippen LogP contribution in [0.5, 0.6) is 11.6 Å². The van der Waals surface area contributed by atoms with Crippen molar-refractivity contribution in [3.8, 4) is 11.6 Å². The number of benzene rings is 1. The van der Waals surface area contributed by atoms with E-state index < -0.39 is 0 Å². The summed E-state index contributed by atoms with van der Waals surface area (Å²) in [7, 11) is 0. The molecule has 0 fully saturated rings. The van der Waals surface area contributed by atoms with Crippen LogP contribution in [0.4, 0.5) is 4.39 Å². The molecule has 9 heteroatoms. The Morgan fingerprint density at radius 1 is 1.16 bits per heavy atom. The second-order valence-electron chi connectivity index (χ2n) is 7.07. The highest BCUT2D eigenvalue weighted by Crippen LogP contribution is 2.20. The van der Waals surface area contributed by atoms with Gasteiger partial charge in [-0.1, -0.05) is 0 Å². The average Bonchev–Trinajstić information content (AvgIpc) is 3.23. The van der Waals surface area contributed by atoms with Crippen LogP contribution < -0.4 is 10.1 Å². The van der Waals surface area contributed by atoms with Gasteiger partial charge in [0.2, 0.25) is 11.8 Å². The molecule has 0 aliphatic carbocycles. The summed E-state index contributed by atoms with van der Waals surface area (Å²) in [5, 5.41) is 7.08. The Hall–Kier alpha value is -3.88. The Kier molecular flexibility index (Phi) is 5.83. The zero-order valence-electron chi connectivity index (χ0n) is 17.2. The van der Waals surface area contributed by atoms with E-state index in [0.717, 1.165) is 22.5 Å². The maximum atomic E-state index is 13.0. The fraction of sp³-hybridized carbons (Fsp3) is 0.227. The molecule has 4 rings (SSSR count). The number of hydrogen-bond donors (Lipinski definition) is 1. The molecule has 3 aromatic heterocycles. The van der Waals surface area contributed by atoms with E-state index in [1.807, 2.05) is 13.8 Å². The molecule has 0 unspecified atom stereocenters. The van der Waals surface area contributed by atoms with Crippen molar-refractivity contribution in [1.29, 1.82) is 0 Å². The molecule has 0 atom stereocenters. The molecule has 4 aromatic rings. The predicted octanol–water partition coefficient (Wildman–Crippen LogP) is 3.32. The van der Waals surface area contributed by atoms with Gasteiger partial charge in [0.25, 0.3) is 5.78 Å². The van der Waals surface area contributed by atoms with Crippen molar-refractivity contribution in [2.75, 3.05) is 0 Å².